The molecule has 4 heterocycles. The second-order valence-corrected chi connectivity index (χ2v) is 12.2. The molecule has 0 radical (unpaired) electrons. The summed E-state index contributed by atoms with van der Waals surface area (Å²) in [5, 5.41) is 1.93. The van der Waals surface area contributed by atoms with Crippen molar-refractivity contribution in [3.05, 3.63) is 78.9 Å². The first-order valence-corrected chi connectivity index (χ1v) is 16.2. The smallest absolute Gasteiger partial charge is 0.340 e. The molecule has 0 spiro atoms. The Morgan fingerprint density at radius 3 is 2.33 bits per heavy atom. The molecule has 1 N–H and O–H groups in total. The van der Waals surface area contributed by atoms with Gasteiger partial charge in [-0.15, -0.1) is 11.8 Å². The van der Waals surface area contributed by atoms with Gasteiger partial charge >= 0.3 is 17.9 Å². The van der Waals surface area contributed by atoms with Crippen LogP contribution in [0.25, 0.3) is 11.2 Å². The Morgan fingerprint density at radius 1 is 0.938 bits per heavy atom. The van der Waals surface area contributed by atoms with Crippen molar-refractivity contribution in [3.8, 4) is 0 Å². The predicted octanol–water partition coefficient (Wildman–Crippen LogP) is 3.72. The number of esters is 3. The van der Waals surface area contributed by atoms with Crippen molar-refractivity contribution in [3.63, 3.8) is 0 Å². The fourth-order valence-electron chi connectivity index (χ4n) is 5.92. The Labute approximate surface area is 279 Å². The zero-order chi connectivity index (χ0) is 33.8. The zero-order valence-electron chi connectivity index (χ0n) is 26.3. The number of hydrogen-bond acceptors (Lipinski definition) is 13. The third-order valence-electron chi connectivity index (χ3n) is 7.87. The van der Waals surface area contributed by atoms with Crippen molar-refractivity contribution in [2.24, 2.45) is 0 Å². The number of aromatic nitrogens is 4. The van der Waals surface area contributed by atoms with E-state index in [-0.39, 0.29) is 36.1 Å². The number of carbonyl (C=O) groups is 4. The molecule has 48 heavy (non-hydrogen) atoms. The molecule has 2 aliphatic rings. The van der Waals surface area contributed by atoms with Gasteiger partial charge in [-0.25, -0.2) is 19.7 Å². The van der Waals surface area contributed by atoms with E-state index in [4.69, 9.17) is 23.7 Å². The summed E-state index contributed by atoms with van der Waals surface area (Å²) in [4.78, 5) is 66.1. The zero-order valence-corrected chi connectivity index (χ0v) is 27.1. The van der Waals surface area contributed by atoms with Crippen molar-refractivity contribution in [1.82, 2.24) is 19.5 Å². The van der Waals surface area contributed by atoms with Crippen LogP contribution in [0.4, 0.5) is 5.82 Å². The topological polar surface area (TPSA) is 170 Å². The van der Waals surface area contributed by atoms with Crippen molar-refractivity contribution < 1.29 is 42.9 Å². The summed E-state index contributed by atoms with van der Waals surface area (Å²) in [6.45, 7) is 4.70. The van der Waals surface area contributed by atoms with Gasteiger partial charge in [-0.1, -0.05) is 36.4 Å². The molecule has 1 amide bonds. The maximum absolute atomic E-state index is 13.8. The predicted molar refractivity (Wildman–Crippen MR) is 171 cm³/mol. The molecular weight excluding hydrogens is 642 g/mol. The third-order valence-corrected chi connectivity index (χ3v) is 9.32. The average molecular weight is 676 g/mol. The van der Waals surface area contributed by atoms with Gasteiger partial charge in [-0.3, -0.25) is 19.0 Å². The average Bonchev–Trinajstić information content (AvgIpc) is 3.74. The number of amides is 1. The first-order valence-electron chi connectivity index (χ1n) is 15.3. The normalized spacial score (nSPS) is 24.5. The van der Waals surface area contributed by atoms with Crippen LogP contribution < -0.4 is 5.32 Å². The molecule has 0 aliphatic carbocycles. The number of anilines is 1. The number of nitrogens with zero attached hydrogens (tertiary/aromatic N) is 4. The molecule has 14 nitrogen and oxygen atoms in total. The van der Waals surface area contributed by atoms with Crippen LogP contribution in [0.3, 0.4) is 0 Å². The lowest BCUT2D eigenvalue weighted by Crippen LogP contribution is -2.52. The maximum Gasteiger partial charge on any atom is 0.340 e. The number of hydrogen-bond donors (Lipinski definition) is 1. The summed E-state index contributed by atoms with van der Waals surface area (Å²) in [5.74, 6) is -2.27. The van der Waals surface area contributed by atoms with Crippen LogP contribution in [0.5, 0.6) is 0 Å². The summed E-state index contributed by atoms with van der Waals surface area (Å²) in [7, 11) is 0. The van der Waals surface area contributed by atoms with Crippen LogP contribution in [-0.2, 0) is 38.1 Å². The van der Waals surface area contributed by atoms with Crippen LogP contribution in [0, 0.1) is 0 Å². The monoisotopic (exact) mass is 675 g/mol. The van der Waals surface area contributed by atoms with E-state index in [0.29, 0.717) is 5.56 Å². The Hall–Kier alpha value is -4.86. The van der Waals surface area contributed by atoms with E-state index >= 15 is 0 Å². The second-order valence-electron chi connectivity index (χ2n) is 11.0. The summed E-state index contributed by atoms with van der Waals surface area (Å²) >= 11 is 1.28. The minimum atomic E-state index is -1.84. The van der Waals surface area contributed by atoms with E-state index in [2.05, 4.69) is 20.3 Å². The minimum absolute atomic E-state index is 0.0333. The van der Waals surface area contributed by atoms with Gasteiger partial charge in [0.2, 0.25) is 0 Å². The lowest BCUT2D eigenvalue weighted by Gasteiger charge is -2.34. The number of thioether (sulfide) groups is 1. The molecule has 2 aliphatic heterocycles. The van der Waals surface area contributed by atoms with Crippen LogP contribution in [0.1, 0.15) is 43.8 Å². The van der Waals surface area contributed by atoms with Gasteiger partial charge in [-0.05, 0) is 38.1 Å². The van der Waals surface area contributed by atoms with Crippen molar-refractivity contribution in [1.29, 1.82) is 0 Å². The number of nitrogens with one attached hydrogen (secondary N) is 1. The highest BCUT2D eigenvalue weighted by molar-refractivity contribution is 8.00. The maximum atomic E-state index is 13.8. The molecule has 0 unspecified atom stereocenters. The van der Waals surface area contributed by atoms with Gasteiger partial charge in [0.15, 0.2) is 34.9 Å². The van der Waals surface area contributed by atoms with Gasteiger partial charge in [0.1, 0.15) is 18.5 Å². The molecule has 2 saturated heterocycles. The summed E-state index contributed by atoms with van der Waals surface area (Å²) in [5.41, 5.74) is -0.859. The van der Waals surface area contributed by atoms with E-state index < -0.39 is 59.7 Å². The van der Waals surface area contributed by atoms with Crippen LogP contribution >= 0.6 is 11.8 Å². The van der Waals surface area contributed by atoms with Crippen LogP contribution in [0.15, 0.2) is 78.2 Å². The van der Waals surface area contributed by atoms with Gasteiger partial charge < -0.3 is 29.0 Å². The van der Waals surface area contributed by atoms with E-state index in [0.717, 1.165) is 4.90 Å². The van der Waals surface area contributed by atoms with Gasteiger partial charge in [0.05, 0.1) is 31.2 Å². The van der Waals surface area contributed by atoms with Crippen LogP contribution in [-0.4, -0.2) is 85.7 Å². The van der Waals surface area contributed by atoms with E-state index in [9.17, 15) is 19.2 Å². The Balaban J connectivity index is 1.39. The Morgan fingerprint density at radius 2 is 1.65 bits per heavy atom. The first kappa shape index (κ1) is 33.1. The number of benzene rings is 2. The molecule has 6 rings (SSSR count). The van der Waals surface area contributed by atoms with Crippen molar-refractivity contribution in [2.75, 3.05) is 18.5 Å². The molecule has 2 aromatic carbocycles. The molecule has 250 valence electrons. The number of ether oxygens (including phenoxy) is 5. The highest BCUT2D eigenvalue weighted by Gasteiger charge is 2.69. The molecule has 15 heteroatoms. The highest BCUT2D eigenvalue weighted by Crippen LogP contribution is 2.53. The molecule has 4 aromatic rings. The molecular formula is C33H33N5O9S. The van der Waals surface area contributed by atoms with Crippen molar-refractivity contribution in [2.45, 2.75) is 67.5 Å². The Kier molecular flexibility index (Phi) is 9.71. The van der Waals surface area contributed by atoms with E-state index in [1.807, 2.05) is 30.3 Å². The fourth-order valence-corrected chi connectivity index (χ4v) is 7.31. The first-order chi connectivity index (χ1) is 23.3. The second kappa shape index (κ2) is 14.1. The van der Waals surface area contributed by atoms with E-state index in [1.165, 1.54) is 31.3 Å². The van der Waals surface area contributed by atoms with E-state index in [1.54, 1.807) is 48.7 Å². The largest absolute Gasteiger partial charge is 0.466 e. The van der Waals surface area contributed by atoms with Crippen molar-refractivity contribution >= 4 is 52.6 Å². The molecule has 2 fully saturated rings. The quantitative estimate of drug-likeness (QED) is 0.180. The van der Waals surface area contributed by atoms with Crippen LogP contribution in [0.2, 0.25) is 0 Å². The lowest BCUT2D eigenvalue weighted by molar-refractivity contribution is -0.187. The minimum Gasteiger partial charge on any atom is -0.466 e. The molecule has 0 saturated carbocycles. The number of carbonyl (C=O) groups excluding carboxylic acids is 4. The third kappa shape index (κ3) is 6.35. The molecule has 6 atom stereocenters. The Bertz CT molecular complexity index is 1810. The number of fused-ring (bicyclic) bond motifs is 2. The molecule has 2 aromatic heterocycles. The van der Waals surface area contributed by atoms with Gasteiger partial charge in [0.25, 0.3) is 5.91 Å². The summed E-state index contributed by atoms with van der Waals surface area (Å²) < 4.78 is 31.3. The summed E-state index contributed by atoms with van der Waals surface area (Å²) in [6, 6.07) is 17.9. The highest BCUT2D eigenvalue weighted by atomic mass is 32.2. The van der Waals surface area contributed by atoms with Gasteiger partial charge in [0, 0.05) is 17.4 Å². The number of rotatable bonds is 11. The summed E-state index contributed by atoms with van der Waals surface area (Å²) in [6.07, 6.45) is -1.79. The molecule has 0 bridgehead atoms. The SMILES string of the molecule is CCOC(=O)C[C@@]1(C(=O)OCC)O[C@H]2[C@@H](OC(C)=O)[C@H](n3cnc4c(NC(=O)c5ccccc5)ncnc43)O[C@H]2[C@@H]1Sc1ccccc1. The van der Waals surface area contributed by atoms with Gasteiger partial charge in [-0.2, -0.15) is 0 Å². The standard InChI is InChI=1S/C33H33N5O9S/c1-4-43-22(40)16-33(32(42)44-5-2)27(48-21-14-10-7-11-15-21)25-24(47-33)26(45-19(3)39)31(46-25)38-18-36-23-28(34-17-35-29(23)38)37-30(41)20-12-8-6-9-13-20/h6-15,17-18,24-27,31H,4-5,16H2,1-3H3,(H,34,35,37,41)/t24-,25-,26-,27+,31-,33-/m1/s1. The fraction of sp³-hybridized carbons (Fsp3) is 0.364. The number of imidazole rings is 1. The lowest BCUT2D eigenvalue weighted by atomic mass is 9.93.